The topological polar surface area (TPSA) is 51.2 Å². The maximum atomic E-state index is 12.5. The fourth-order valence-corrected chi connectivity index (χ4v) is 4.47. The lowest BCUT2D eigenvalue weighted by molar-refractivity contribution is 0.102. The van der Waals surface area contributed by atoms with Gasteiger partial charge < -0.3 is 10.1 Å². The average molecular weight is 453 g/mol. The summed E-state index contributed by atoms with van der Waals surface area (Å²) in [4.78, 5) is 17.2. The number of hydrogen-bond acceptors (Lipinski definition) is 4. The summed E-state index contributed by atoms with van der Waals surface area (Å²) in [5.74, 6) is 0.512. The van der Waals surface area contributed by atoms with E-state index in [2.05, 4.69) is 40.3 Å². The molecular weight excluding hydrogens is 436 g/mol. The molecule has 0 fully saturated rings. The molecule has 4 nitrogen and oxygen atoms in total. The van der Waals surface area contributed by atoms with Gasteiger partial charge in [0.2, 0.25) is 0 Å². The molecule has 0 bridgehead atoms. The van der Waals surface area contributed by atoms with Crippen LogP contribution in [0.3, 0.4) is 0 Å². The van der Waals surface area contributed by atoms with E-state index in [0.717, 1.165) is 26.2 Å². The van der Waals surface area contributed by atoms with Crippen LogP contribution < -0.4 is 10.1 Å². The number of nitrogens with one attached hydrogen (secondary N) is 1. The minimum Gasteiger partial charge on any atom is -0.496 e. The predicted molar refractivity (Wildman–Crippen MR) is 118 cm³/mol. The van der Waals surface area contributed by atoms with Crippen LogP contribution in [-0.4, -0.2) is 18.0 Å². The van der Waals surface area contributed by atoms with Crippen molar-refractivity contribution < 1.29 is 9.53 Å². The van der Waals surface area contributed by atoms with E-state index in [-0.39, 0.29) is 5.91 Å². The largest absolute Gasteiger partial charge is 0.496 e. The Hall–Kier alpha value is -2.70. The average Bonchev–Trinajstić information content (AvgIpc) is 3.11. The number of rotatable bonds is 4. The van der Waals surface area contributed by atoms with Crippen molar-refractivity contribution >= 4 is 49.1 Å². The number of halogens is 1. The number of anilines is 1. The lowest BCUT2D eigenvalue weighted by Gasteiger charge is -2.08. The molecule has 6 heteroatoms. The molecule has 0 aliphatic rings. The smallest absolute Gasteiger partial charge is 0.255 e. The van der Waals surface area contributed by atoms with Crippen molar-refractivity contribution in [2.75, 3.05) is 12.4 Å². The Bertz CT molecular complexity index is 1170. The molecule has 1 amide bonds. The molecule has 0 aliphatic heterocycles. The molecule has 3 aromatic carbocycles. The zero-order chi connectivity index (χ0) is 19.7. The number of ether oxygens (including phenoxy) is 1. The maximum Gasteiger partial charge on any atom is 0.255 e. The van der Waals surface area contributed by atoms with Gasteiger partial charge in [-0.15, -0.1) is 11.3 Å². The lowest BCUT2D eigenvalue weighted by atomic mass is 10.2. The van der Waals surface area contributed by atoms with Gasteiger partial charge in [-0.2, -0.15) is 0 Å². The zero-order valence-corrected chi connectivity index (χ0v) is 17.7. The Balaban J connectivity index is 1.52. The van der Waals surface area contributed by atoms with Crippen LogP contribution >= 0.6 is 27.3 Å². The van der Waals surface area contributed by atoms with Crippen molar-refractivity contribution in [3.05, 3.63) is 76.3 Å². The van der Waals surface area contributed by atoms with Crippen molar-refractivity contribution in [1.29, 1.82) is 0 Å². The fourth-order valence-electron chi connectivity index (χ4n) is 2.86. The Morgan fingerprint density at radius 3 is 2.57 bits per heavy atom. The second kappa shape index (κ2) is 7.73. The Morgan fingerprint density at radius 1 is 1.07 bits per heavy atom. The first-order valence-corrected chi connectivity index (χ1v) is 10.3. The predicted octanol–water partition coefficient (Wildman–Crippen LogP) is 6.30. The van der Waals surface area contributed by atoms with E-state index in [1.165, 1.54) is 10.3 Å². The van der Waals surface area contributed by atoms with E-state index in [9.17, 15) is 4.79 Å². The van der Waals surface area contributed by atoms with Crippen LogP contribution in [0.5, 0.6) is 5.75 Å². The molecule has 0 saturated heterocycles. The third-order valence-electron chi connectivity index (χ3n) is 4.35. The van der Waals surface area contributed by atoms with E-state index < -0.39 is 0 Å². The summed E-state index contributed by atoms with van der Waals surface area (Å²) in [6.07, 6.45) is 0. The highest BCUT2D eigenvalue weighted by molar-refractivity contribution is 9.10. The summed E-state index contributed by atoms with van der Waals surface area (Å²) in [6.45, 7) is 2.08. The van der Waals surface area contributed by atoms with Crippen molar-refractivity contribution in [3.8, 4) is 16.3 Å². The quantitative estimate of drug-likeness (QED) is 0.395. The van der Waals surface area contributed by atoms with Crippen LogP contribution in [0.1, 0.15) is 15.9 Å². The highest BCUT2D eigenvalue weighted by Gasteiger charge is 2.10. The molecule has 1 heterocycles. The minimum atomic E-state index is -0.174. The van der Waals surface area contributed by atoms with Gasteiger partial charge >= 0.3 is 0 Å². The summed E-state index contributed by atoms with van der Waals surface area (Å²) < 4.78 is 7.12. The molecular formula is C22H17BrN2O2S. The number of amides is 1. The highest BCUT2D eigenvalue weighted by atomic mass is 79.9. The van der Waals surface area contributed by atoms with Crippen LogP contribution in [0.4, 0.5) is 5.69 Å². The third-order valence-corrected chi connectivity index (χ3v) is 6.03. The minimum absolute atomic E-state index is 0.174. The van der Waals surface area contributed by atoms with Crippen molar-refractivity contribution in [1.82, 2.24) is 4.98 Å². The van der Waals surface area contributed by atoms with Crippen LogP contribution in [0.15, 0.2) is 65.1 Å². The van der Waals surface area contributed by atoms with Gasteiger partial charge in [0.15, 0.2) is 0 Å². The molecule has 1 N–H and O–H groups in total. The van der Waals surface area contributed by atoms with Crippen molar-refractivity contribution in [2.45, 2.75) is 6.92 Å². The molecule has 0 atom stereocenters. The Labute approximate surface area is 175 Å². The van der Waals surface area contributed by atoms with Crippen LogP contribution in [0.2, 0.25) is 0 Å². The standard InChI is InChI=1S/C22H17BrN2O2S/c1-13-3-9-18-20(11-13)28-22(25-18)14-4-7-16(8-5-14)24-21(26)15-6-10-19(27-2)17(23)12-15/h3-12H,1-2H3,(H,24,26). The van der Waals surface area contributed by atoms with Gasteiger partial charge in [0, 0.05) is 16.8 Å². The number of carbonyl (C=O) groups excluding carboxylic acids is 1. The number of methoxy groups -OCH3 is 1. The first-order chi connectivity index (χ1) is 13.5. The number of hydrogen-bond donors (Lipinski definition) is 1. The van der Waals surface area contributed by atoms with Crippen LogP contribution in [-0.2, 0) is 0 Å². The third kappa shape index (κ3) is 3.79. The van der Waals surface area contributed by atoms with Crippen molar-refractivity contribution in [2.24, 2.45) is 0 Å². The van der Waals surface area contributed by atoms with E-state index in [1.54, 1.807) is 36.6 Å². The number of carbonyl (C=O) groups is 1. The van der Waals surface area contributed by atoms with Gasteiger partial charge in [0.05, 0.1) is 21.8 Å². The molecule has 140 valence electrons. The molecule has 1 aromatic heterocycles. The molecule has 0 unspecified atom stereocenters. The molecule has 4 aromatic rings. The van der Waals surface area contributed by atoms with E-state index >= 15 is 0 Å². The number of nitrogens with zero attached hydrogens (tertiary/aromatic N) is 1. The van der Waals surface area contributed by atoms with Crippen molar-refractivity contribution in [3.63, 3.8) is 0 Å². The van der Waals surface area contributed by atoms with Gasteiger partial charge in [-0.05, 0) is 83.0 Å². The first-order valence-electron chi connectivity index (χ1n) is 8.66. The zero-order valence-electron chi connectivity index (χ0n) is 15.3. The molecule has 0 saturated carbocycles. The molecule has 28 heavy (non-hydrogen) atoms. The number of benzene rings is 3. The van der Waals surface area contributed by atoms with Crippen LogP contribution in [0.25, 0.3) is 20.8 Å². The monoisotopic (exact) mass is 452 g/mol. The van der Waals surface area contributed by atoms with Gasteiger partial charge in [0.1, 0.15) is 10.8 Å². The summed E-state index contributed by atoms with van der Waals surface area (Å²) in [6, 6.07) is 19.2. The van der Waals surface area contributed by atoms with E-state index in [4.69, 9.17) is 9.72 Å². The molecule has 0 aliphatic carbocycles. The summed E-state index contributed by atoms with van der Waals surface area (Å²) in [7, 11) is 1.59. The lowest BCUT2D eigenvalue weighted by Crippen LogP contribution is -2.11. The van der Waals surface area contributed by atoms with Gasteiger partial charge in [-0.25, -0.2) is 4.98 Å². The number of aryl methyl sites for hydroxylation is 1. The summed E-state index contributed by atoms with van der Waals surface area (Å²) in [5, 5.41) is 3.89. The second-order valence-electron chi connectivity index (χ2n) is 6.37. The SMILES string of the molecule is COc1ccc(C(=O)Nc2ccc(-c3nc4ccc(C)cc4s3)cc2)cc1Br. The normalized spacial score (nSPS) is 10.8. The number of aromatic nitrogens is 1. The molecule has 0 radical (unpaired) electrons. The fraction of sp³-hybridized carbons (Fsp3) is 0.0909. The molecule has 0 spiro atoms. The van der Waals surface area contributed by atoms with E-state index in [1.807, 2.05) is 30.3 Å². The Morgan fingerprint density at radius 2 is 1.86 bits per heavy atom. The van der Waals surface area contributed by atoms with Gasteiger partial charge in [0.25, 0.3) is 5.91 Å². The maximum absolute atomic E-state index is 12.5. The molecule has 4 rings (SSSR count). The summed E-state index contributed by atoms with van der Waals surface area (Å²) in [5.41, 5.74) is 4.55. The first kappa shape index (κ1) is 18.7. The highest BCUT2D eigenvalue weighted by Crippen LogP contribution is 2.31. The summed E-state index contributed by atoms with van der Waals surface area (Å²) >= 11 is 5.08. The number of thiazole rings is 1. The number of fused-ring (bicyclic) bond motifs is 1. The van der Waals surface area contributed by atoms with Crippen LogP contribution in [0, 0.1) is 6.92 Å². The van der Waals surface area contributed by atoms with E-state index in [0.29, 0.717) is 11.3 Å². The van der Waals surface area contributed by atoms with Gasteiger partial charge in [-0.1, -0.05) is 6.07 Å². The van der Waals surface area contributed by atoms with Gasteiger partial charge in [-0.3, -0.25) is 4.79 Å². The Kier molecular flexibility index (Phi) is 5.15. The second-order valence-corrected chi connectivity index (χ2v) is 8.26.